The van der Waals surface area contributed by atoms with Gasteiger partial charge < -0.3 is 10.4 Å². The number of carboxylic acid groups (broad SMARTS) is 1. The summed E-state index contributed by atoms with van der Waals surface area (Å²) in [4.78, 5) is 10.5. The summed E-state index contributed by atoms with van der Waals surface area (Å²) in [5.74, 6) is -5.51. The number of halogens is 6. The molecule has 0 saturated heterocycles. The Labute approximate surface area is 115 Å². The van der Waals surface area contributed by atoms with Crippen molar-refractivity contribution in [2.45, 2.75) is 6.18 Å². The van der Waals surface area contributed by atoms with Crippen LogP contribution in [0.25, 0.3) is 0 Å². The fraction of sp³-hybridized carbons (Fsp3) is 0.300. The first-order chi connectivity index (χ1) is 8.62. The van der Waals surface area contributed by atoms with Crippen molar-refractivity contribution >= 4 is 34.9 Å². The number of hydrogen-bond donors (Lipinski definition) is 2. The van der Waals surface area contributed by atoms with Crippen LogP contribution >= 0.6 is 23.2 Å². The summed E-state index contributed by atoms with van der Waals surface area (Å²) in [6.45, 7) is -0.920. The van der Waals surface area contributed by atoms with Crippen LogP contribution in [-0.2, 0) is 4.79 Å². The average molecular weight is 320 g/mol. The molecule has 0 aliphatic rings. The molecule has 0 fully saturated rings. The van der Waals surface area contributed by atoms with Gasteiger partial charge in [0.1, 0.15) is 0 Å². The van der Waals surface area contributed by atoms with Crippen molar-refractivity contribution < 1.29 is 27.5 Å². The lowest BCUT2D eigenvalue weighted by atomic mass is 10.1. The van der Waals surface area contributed by atoms with E-state index >= 15 is 0 Å². The predicted octanol–water partition coefficient (Wildman–Crippen LogP) is 3.81. The van der Waals surface area contributed by atoms with E-state index in [1.165, 1.54) is 0 Å². The highest BCUT2D eigenvalue weighted by molar-refractivity contribution is 6.35. The zero-order valence-corrected chi connectivity index (χ0v) is 10.6. The first-order valence-corrected chi connectivity index (χ1v) is 5.56. The van der Waals surface area contributed by atoms with E-state index < -0.39 is 30.4 Å². The van der Waals surface area contributed by atoms with Crippen LogP contribution in [-0.4, -0.2) is 23.8 Å². The van der Waals surface area contributed by atoms with Gasteiger partial charge in [0.25, 0.3) is 0 Å². The molecular weight excluding hydrogens is 313 g/mol. The minimum Gasteiger partial charge on any atom is -0.481 e. The van der Waals surface area contributed by atoms with Crippen LogP contribution in [0.5, 0.6) is 0 Å². The molecule has 1 aromatic rings. The van der Waals surface area contributed by atoms with Gasteiger partial charge in [-0.3, -0.25) is 4.79 Å². The smallest absolute Gasteiger partial charge is 0.403 e. The number of benzene rings is 1. The maximum atomic E-state index is 13.1. The fourth-order valence-electron chi connectivity index (χ4n) is 1.22. The first kappa shape index (κ1) is 15.8. The number of alkyl halides is 3. The summed E-state index contributed by atoms with van der Waals surface area (Å²) in [6, 6.07) is 2.02. The third kappa shape index (κ3) is 4.14. The predicted molar refractivity (Wildman–Crippen MR) is 62.1 cm³/mol. The summed E-state index contributed by atoms with van der Waals surface area (Å²) in [6.07, 6.45) is -4.90. The lowest BCUT2D eigenvalue weighted by Gasteiger charge is -2.17. The molecule has 0 aliphatic carbocycles. The van der Waals surface area contributed by atoms with Crippen LogP contribution in [0.1, 0.15) is 0 Å². The molecule has 0 spiro atoms. The minimum absolute atomic E-state index is 0.00750. The Morgan fingerprint density at radius 1 is 1.32 bits per heavy atom. The third-order valence-corrected chi connectivity index (χ3v) is 2.74. The van der Waals surface area contributed by atoms with Gasteiger partial charge in [-0.15, -0.1) is 0 Å². The normalized spacial score (nSPS) is 13.2. The zero-order chi connectivity index (χ0) is 14.8. The maximum Gasteiger partial charge on any atom is 0.403 e. The number of hydrogen-bond acceptors (Lipinski definition) is 2. The van der Waals surface area contributed by atoms with Crippen molar-refractivity contribution in [3.05, 3.63) is 28.0 Å². The Balaban J connectivity index is 2.84. The number of carboxylic acids is 1. The number of anilines is 1. The molecule has 0 heterocycles. The quantitative estimate of drug-likeness (QED) is 0.655. The molecule has 0 radical (unpaired) electrons. The molecule has 0 aromatic heterocycles. The highest BCUT2D eigenvalue weighted by atomic mass is 35.5. The van der Waals surface area contributed by atoms with Crippen molar-refractivity contribution in [1.29, 1.82) is 0 Å². The summed E-state index contributed by atoms with van der Waals surface area (Å²) in [5.41, 5.74) is -0.00750. The summed E-state index contributed by atoms with van der Waals surface area (Å²) in [5, 5.41) is 9.91. The Hall–Kier alpha value is -1.21. The lowest BCUT2D eigenvalue weighted by molar-refractivity contribution is -0.190. The van der Waals surface area contributed by atoms with Crippen LogP contribution in [0.15, 0.2) is 12.1 Å². The van der Waals surface area contributed by atoms with E-state index in [2.05, 4.69) is 5.32 Å². The SMILES string of the molecule is O=C(O)C(CNc1cc(Cl)c(F)c(Cl)c1)C(F)(F)F. The molecular formula is C10H7Cl2F4NO2. The number of rotatable bonds is 4. The van der Waals surface area contributed by atoms with Gasteiger partial charge in [0, 0.05) is 12.2 Å². The summed E-state index contributed by atoms with van der Waals surface area (Å²) >= 11 is 10.9. The molecule has 0 amide bonds. The van der Waals surface area contributed by atoms with Gasteiger partial charge in [-0.25, -0.2) is 4.39 Å². The van der Waals surface area contributed by atoms with Gasteiger partial charge >= 0.3 is 12.1 Å². The molecule has 19 heavy (non-hydrogen) atoms. The van der Waals surface area contributed by atoms with Gasteiger partial charge in [0.05, 0.1) is 10.0 Å². The van der Waals surface area contributed by atoms with Crippen LogP contribution in [0, 0.1) is 11.7 Å². The van der Waals surface area contributed by atoms with Gasteiger partial charge in [-0.2, -0.15) is 13.2 Å². The van der Waals surface area contributed by atoms with Gasteiger partial charge in [-0.1, -0.05) is 23.2 Å². The van der Waals surface area contributed by atoms with Crippen LogP contribution < -0.4 is 5.32 Å². The van der Waals surface area contributed by atoms with E-state index in [0.717, 1.165) is 12.1 Å². The van der Waals surface area contributed by atoms with Crippen LogP contribution in [0.2, 0.25) is 10.0 Å². The molecule has 1 unspecified atom stereocenters. The van der Waals surface area contributed by atoms with Gasteiger partial charge in [0.15, 0.2) is 11.7 Å². The van der Waals surface area contributed by atoms with Crippen LogP contribution in [0.3, 0.4) is 0 Å². The topological polar surface area (TPSA) is 49.3 Å². The second-order valence-electron chi connectivity index (χ2n) is 3.57. The molecule has 2 N–H and O–H groups in total. The lowest BCUT2D eigenvalue weighted by Crippen LogP contribution is -2.36. The van der Waals surface area contributed by atoms with E-state index in [1.807, 2.05) is 0 Å². The average Bonchev–Trinajstić information content (AvgIpc) is 2.23. The Kier molecular flexibility index (Phi) is 4.86. The Bertz CT molecular complexity index is 470. The molecule has 0 bridgehead atoms. The van der Waals surface area contributed by atoms with Crippen molar-refractivity contribution in [1.82, 2.24) is 0 Å². The largest absolute Gasteiger partial charge is 0.481 e. The number of nitrogens with one attached hydrogen (secondary N) is 1. The standard InChI is InChI=1S/C10H7Cl2F4NO2/c11-6-1-4(2-7(12)8(6)13)17-3-5(9(18)19)10(14,15)16/h1-2,5,17H,3H2,(H,18,19). The van der Waals surface area contributed by atoms with E-state index in [-0.39, 0.29) is 15.7 Å². The molecule has 0 aliphatic heterocycles. The van der Waals surface area contributed by atoms with Gasteiger partial charge in [0.2, 0.25) is 0 Å². The molecule has 106 valence electrons. The highest BCUT2D eigenvalue weighted by Gasteiger charge is 2.44. The second-order valence-corrected chi connectivity index (χ2v) is 4.38. The van der Waals surface area contributed by atoms with Crippen molar-refractivity contribution in [3.63, 3.8) is 0 Å². The van der Waals surface area contributed by atoms with E-state index in [4.69, 9.17) is 28.3 Å². The fourth-order valence-corrected chi connectivity index (χ4v) is 1.71. The third-order valence-electron chi connectivity index (χ3n) is 2.19. The molecule has 1 atom stereocenters. The zero-order valence-electron chi connectivity index (χ0n) is 9.06. The molecule has 1 rings (SSSR count). The van der Waals surface area contributed by atoms with Crippen molar-refractivity contribution in [2.24, 2.45) is 5.92 Å². The minimum atomic E-state index is -4.90. The maximum absolute atomic E-state index is 13.1. The number of carbonyl (C=O) groups is 1. The monoisotopic (exact) mass is 319 g/mol. The first-order valence-electron chi connectivity index (χ1n) is 4.81. The van der Waals surface area contributed by atoms with Crippen molar-refractivity contribution in [2.75, 3.05) is 11.9 Å². The summed E-state index contributed by atoms with van der Waals surface area (Å²) < 4.78 is 50.2. The molecule has 0 saturated carbocycles. The van der Waals surface area contributed by atoms with E-state index in [9.17, 15) is 22.4 Å². The van der Waals surface area contributed by atoms with Crippen LogP contribution in [0.4, 0.5) is 23.2 Å². The van der Waals surface area contributed by atoms with E-state index in [1.54, 1.807) is 0 Å². The number of aliphatic carboxylic acids is 1. The molecule has 9 heteroatoms. The van der Waals surface area contributed by atoms with Gasteiger partial charge in [-0.05, 0) is 12.1 Å². The van der Waals surface area contributed by atoms with Crippen molar-refractivity contribution in [3.8, 4) is 0 Å². The highest BCUT2D eigenvalue weighted by Crippen LogP contribution is 2.29. The Morgan fingerprint density at radius 3 is 2.16 bits per heavy atom. The summed E-state index contributed by atoms with van der Waals surface area (Å²) in [7, 11) is 0. The molecule has 1 aromatic carbocycles. The second kappa shape index (κ2) is 5.83. The van der Waals surface area contributed by atoms with E-state index in [0.29, 0.717) is 0 Å². The molecule has 3 nitrogen and oxygen atoms in total. The Morgan fingerprint density at radius 2 is 1.79 bits per heavy atom.